The van der Waals surface area contributed by atoms with E-state index in [-0.39, 0.29) is 0 Å². The highest BCUT2D eigenvalue weighted by molar-refractivity contribution is 5.65. The molecule has 0 spiro atoms. The molecule has 0 aromatic carbocycles. The van der Waals surface area contributed by atoms with Gasteiger partial charge in [-0.1, -0.05) is 6.07 Å². The van der Waals surface area contributed by atoms with Crippen LogP contribution < -0.4 is 5.32 Å². The average molecular weight is 263 g/mol. The van der Waals surface area contributed by atoms with Gasteiger partial charge in [0.05, 0.1) is 23.3 Å². The van der Waals surface area contributed by atoms with Gasteiger partial charge in [0.25, 0.3) is 0 Å². The first-order valence-electron chi connectivity index (χ1n) is 6.44. The van der Waals surface area contributed by atoms with E-state index in [2.05, 4.69) is 30.2 Å². The number of pyridine rings is 2. The molecule has 5 nitrogen and oxygen atoms in total. The molecule has 4 aromatic heterocycles. The predicted octanol–water partition coefficient (Wildman–Crippen LogP) is 2.69. The van der Waals surface area contributed by atoms with E-state index in [1.807, 2.05) is 49.9 Å². The summed E-state index contributed by atoms with van der Waals surface area (Å²) in [5.41, 5.74) is 5.02. The second-order valence-corrected chi connectivity index (χ2v) is 4.61. The highest BCUT2D eigenvalue weighted by Crippen LogP contribution is 2.23. The molecule has 0 radical (unpaired) electrons. The first-order valence-corrected chi connectivity index (χ1v) is 6.44. The summed E-state index contributed by atoms with van der Waals surface area (Å²) in [6, 6.07) is 10.1. The number of aromatic nitrogens is 4. The second-order valence-electron chi connectivity index (χ2n) is 4.61. The topological polar surface area (TPSA) is 46.6 Å². The maximum Gasteiger partial charge on any atom is 0.137 e. The van der Waals surface area contributed by atoms with Crippen LogP contribution in [0.3, 0.4) is 0 Å². The SMILES string of the molecule is CNc1ccc2ncc(-c3cccc4nccn34)n2c1. The van der Waals surface area contributed by atoms with Gasteiger partial charge in [-0.2, -0.15) is 0 Å². The smallest absolute Gasteiger partial charge is 0.137 e. The second kappa shape index (κ2) is 4.09. The number of fused-ring (bicyclic) bond motifs is 2. The highest BCUT2D eigenvalue weighted by Gasteiger charge is 2.09. The van der Waals surface area contributed by atoms with Crippen molar-refractivity contribution in [2.24, 2.45) is 0 Å². The van der Waals surface area contributed by atoms with Gasteiger partial charge in [-0.15, -0.1) is 0 Å². The number of anilines is 1. The van der Waals surface area contributed by atoms with Crippen LogP contribution in [0.15, 0.2) is 55.1 Å². The van der Waals surface area contributed by atoms with Crippen molar-refractivity contribution in [3.8, 4) is 11.4 Å². The fourth-order valence-electron chi connectivity index (χ4n) is 2.47. The minimum Gasteiger partial charge on any atom is -0.387 e. The zero-order chi connectivity index (χ0) is 13.5. The standard InChI is InChI=1S/C15H13N5/c1-16-11-5-6-15-18-9-13(20(15)10-11)12-3-2-4-14-17-7-8-19(12)14/h2-10,16H,1H3. The molecular weight excluding hydrogens is 250 g/mol. The Morgan fingerprint density at radius 3 is 2.75 bits per heavy atom. The molecular formula is C15H13N5. The van der Waals surface area contributed by atoms with Gasteiger partial charge >= 0.3 is 0 Å². The van der Waals surface area contributed by atoms with Gasteiger partial charge in [0, 0.05) is 25.6 Å². The van der Waals surface area contributed by atoms with Crippen LogP contribution in [0.25, 0.3) is 22.7 Å². The average Bonchev–Trinajstić information content (AvgIpc) is 3.12. The summed E-state index contributed by atoms with van der Waals surface area (Å²) in [5, 5.41) is 3.15. The Bertz CT molecular complexity index is 903. The molecule has 98 valence electrons. The molecule has 0 saturated carbocycles. The van der Waals surface area contributed by atoms with Gasteiger partial charge in [0.1, 0.15) is 11.3 Å². The van der Waals surface area contributed by atoms with E-state index in [0.29, 0.717) is 0 Å². The third kappa shape index (κ3) is 1.50. The van der Waals surface area contributed by atoms with Gasteiger partial charge in [-0.25, -0.2) is 9.97 Å². The Morgan fingerprint density at radius 2 is 1.85 bits per heavy atom. The number of hydrogen-bond acceptors (Lipinski definition) is 3. The van der Waals surface area contributed by atoms with Crippen LogP contribution in [-0.4, -0.2) is 25.8 Å². The molecule has 0 aliphatic carbocycles. The van der Waals surface area contributed by atoms with Gasteiger partial charge in [-0.3, -0.25) is 8.80 Å². The van der Waals surface area contributed by atoms with Crippen LogP contribution >= 0.6 is 0 Å². The van der Waals surface area contributed by atoms with E-state index in [1.165, 1.54) is 0 Å². The van der Waals surface area contributed by atoms with E-state index in [4.69, 9.17) is 0 Å². The molecule has 0 aliphatic rings. The lowest BCUT2D eigenvalue weighted by Gasteiger charge is -2.07. The fourth-order valence-corrected chi connectivity index (χ4v) is 2.47. The van der Waals surface area contributed by atoms with Crippen molar-refractivity contribution in [3.63, 3.8) is 0 Å². The fraction of sp³-hybridized carbons (Fsp3) is 0.0667. The maximum absolute atomic E-state index is 4.46. The van der Waals surface area contributed by atoms with Crippen LogP contribution in [0.5, 0.6) is 0 Å². The molecule has 5 heteroatoms. The molecule has 4 aromatic rings. The number of nitrogens with zero attached hydrogens (tertiary/aromatic N) is 4. The Hall–Kier alpha value is -2.82. The lowest BCUT2D eigenvalue weighted by molar-refractivity contribution is 1.12. The summed E-state index contributed by atoms with van der Waals surface area (Å²) in [4.78, 5) is 8.79. The van der Waals surface area contributed by atoms with Gasteiger partial charge in [0.2, 0.25) is 0 Å². The van der Waals surface area contributed by atoms with E-state index >= 15 is 0 Å². The lowest BCUT2D eigenvalue weighted by atomic mass is 10.2. The van der Waals surface area contributed by atoms with Crippen molar-refractivity contribution in [2.45, 2.75) is 0 Å². The normalized spacial score (nSPS) is 11.2. The molecule has 1 N–H and O–H groups in total. The number of hydrogen-bond donors (Lipinski definition) is 1. The Morgan fingerprint density at radius 1 is 0.950 bits per heavy atom. The van der Waals surface area contributed by atoms with Gasteiger partial charge in [0.15, 0.2) is 0 Å². The summed E-state index contributed by atoms with van der Waals surface area (Å²) in [5.74, 6) is 0. The van der Waals surface area contributed by atoms with Crippen molar-refractivity contribution in [2.75, 3.05) is 12.4 Å². The Labute approximate surface area is 115 Å². The molecule has 0 atom stereocenters. The molecule has 0 fully saturated rings. The lowest BCUT2D eigenvalue weighted by Crippen LogP contribution is -1.96. The summed E-state index contributed by atoms with van der Waals surface area (Å²) < 4.78 is 4.15. The summed E-state index contributed by atoms with van der Waals surface area (Å²) >= 11 is 0. The molecule has 0 aliphatic heterocycles. The largest absolute Gasteiger partial charge is 0.387 e. The zero-order valence-electron chi connectivity index (χ0n) is 11.0. The maximum atomic E-state index is 4.46. The van der Waals surface area contributed by atoms with E-state index < -0.39 is 0 Å². The number of rotatable bonds is 2. The Kier molecular flexibility index (Phi) is 2.26. The van der Waals surface area contributed by atoms with Crippen LogP contribution in [0, 0.1) is 0 Å². The quantitative estimate of drug-likeness (QED) is 0.605. The van der Waals surface area contributed by atoms with Crippen molar-refractivity contribution in [1.29, 1.82) is 0 Å². The zero-order valence-corrected chi connectivity index (χ0v) is 11.0. The van der Waals surface area contributed by atoms with Crippen molar-refractivity contribution in [1.82, 2.24) is 18.8 Å². The highest BCUT2D eigenvalue weighted by atomic mass is 15.1. The summed E-state index contributed by atoms with van der Waals surface area (Å²) in [6.45, 7) is 0. The third-order valence-electron chi connectivity index (χ3n) is 3.49. The van der Waals surface area contributed by atoms with Crippen molar-refractivity contribution >= 4 is 17.0 Å². The molecule has 4 heterocycles. The molecule has 20 heavy (non-hydrogen) atoms. The van der Waals surface area contributed by atoms with Crippen LogP contribution in [0.1, 0.15) is 0 Å². The number of nitrogens with one attached hydrogen (secondary N) is 1. The molecule has 0 unspecified atom stereocenters. The minimum absolute atomic E-state index is 0.927. The van der Waals surface area contributed by atoms with E-state index in [1.54, 1.807) is 6.20 Å². The van der Waals surface area contributed by atoms with Crippen LogP contribution in [0.4, 0.5) is 5.69 Å². The third-order valence-corrected chi connectivity index (χ3v) is 3.49. The summed E-state index contributed by atoms with van der Waals surface area (Å²) in [7, 11) is 1.91. The minimum atomic E-state index is 0.927. The predicted molar refractivity (Wildman–Crippen MR) is 78.9 cm³/mol. The van der Waals surface area contributed by atoms with Gasteiger partial charge < -0.3 is 5.32 Å². The van der Waals surface area contributed by atoms with Gasteiger partial charge in [-0.05, 0) is 24.3 Å². The molecule has 4 rings (SSSR count). The Balaban J connectivity index is 2.04. The molecule has 0 saturated heterocycles. The monoisotopic (exact) mass is 263 g/mol. The molecule has 0 bridgehead atoms. The van der Waals surface area contributed by atoms with Crippen LogP contribution in [-0.2, 0) is 0 Å². The first-order chi connectivity index (χ1) is 9.86. The number of imidazole rings is 2. The molecule has 0 amide bonds. The van der Waals surface area contributed by atoms with E-state index in [9.17, 15) is 0 Å². The van der Waals surface area contributed by atoms with Crippen LogP contribution in [0.2, 0.25) is 0 Å². The summed E-state index contributed by atoms with van der Waals surface area (Å²) in [6.07, 6.45) is 7.71. The first kappa shape index (κ1) is 11.0. The van der Waals surface area contributed by atoms with Crippen molar-refractivity contribution < 1.29 is 0 Å². The van der Waals surface area contributed by atoms with Crippen molar-refractivity contribution in [3.05, 3.63) is 55.1 Å². The van der Waals surface area contributed by atoms with E-state index in [0.717, 1.165) is 28.4 Å².